The number of carbonyl (C=O) groups is 1. The first-order chi connectivity index (χ1) is 16.8. The van der Waals surface area contributed by atoms with Crippen molar-refractivity contribution >= 4 is 60.3 Å². The van der Waals surface area contributed by atoms with E-state index in [1.54, 1.807) is 29.2 Å². The molecule has 184 valence electrons. The van der Waals surface area contributed by atoms with Crippen molar-refractivity contribution in [2.45, 2.75) is 42.3 Å². The van der Waals surface area contributed by atoms with Crippen LogP contribution in [0, 0.1) is 11.3 Å². The summed E-state index contributed by atoms with van der Waals surface area (Å²) in [5.41, 5.74) is 0.712. The number of nitriles is 1. The van der Waals surface area contributed by atoms with Gasteiger partial charge in [0, 0.05) is 59.7 Å². The van der Waals surface area contributed by atoms with Crippen LogP contribution >= 0.6 is 34.3 Å². The number of nitrogens with one attached hydrogen (secondary N) is 1. The number of amides is 1. The molecular weight excluding hydrogens is 530 g/mol. The van der Waals surface area contributed by atoms with Gasteiger partial charge in [-0.05, 0) is 30.0 Å². The van der Waals surface area contributed by atoms with Gasteiger partial charge in [-0.25, -0.2) is 13.4 Å². The van der Waals surface area contributed by atoms with Crippen LogP contribution in [0.15, 0.2) is 28.5 Å². The van der Waals surface area contributed by atoms with E-state index in [1.165, 1.54) is 27.0 Å². The second-order valence-corrected chi connectivity index (χ2v) is 13.2. The minimum atomic E-state index is -3.78. The molecule has 3 aromatic rings. The predicted molar refractivity (Wildman–Crippen MR) is 134 cm³/mol. The van der Waals surface area contributed by atoms with E-state index in [9.17, 15) is 18.3 Å². The minimum Gasteiger partial charge on any atom is -0.378 e. The zero-order valence-electron chi connectivity index (χ0n) is 18.5. The van der Waals surface area contributed by atoms with Crippen molar-refractivity contribution in [3.8, 4) is 6.07 Å². The number of aliphatic hydroxyl groups is 1. The molecule has 1 aromatic carbocycles. The van der Waals surface area contributed by atoms with Crippen LogP contribution in [0.1, 0.15) is 33.2 Å². The molecular formula is C22H22ClN5O4S3. The first kappa shape index (κ1) is 24.6. The molecule has 2 N–H and O–H groups in total. The second-order valence-electron chi connectivity index (χ2n) is 8.45. The predicted octanol–water partition coefficient (Wildman–Crippen LogP) is 2.79. The van der Waals surface area contributed by atoms with Crippen molar-refractivity contribution in [2.75, 3.05) is 19.6 Å². The number of nitrogens with zero attached hydrogens (tertiary/aromatic N) is 4. The molecule has 2 aliphatic rings. The van der Waals surface area contributed by atoms with Crippen LogP contribution in [0.2, 0.25) is 5.02 Å². The Labute approximate surface area is 215 Å². The van der Waals surface area contributed by atoms with Gasteiger partial charge in [0.1, 0.15) is 10.4 Å². The smallest absolute Gasteiger partial charge is 0.283 e. The zero-order valence-corrected chi connectivity index (χ0v) is 21.7. The highest BCUT2D eigenvalue weighted by Gasteiger charge is 2.38. The number of rotatable bonds is 5. The Morgan fingerprint density at radius 2 is 2.14 bits per heavy atom. The van der Waals surface area contributed by atoms with Crippen LogP contribution in [-0.4, -0.2) is 65.5 Å². The highest BCUT2D eigenvalue weighted by Crippen LogP contribution is 2.34. The normalized spacial score (nSPS) is 21.1. The maximum atomic E-state index is 13.5. The molecule has 4 heterocycles. The van der Waals surface area contributed by atoms with Gasteiger partial charge in [-0.2, -0.15) is 9.57 Å². The maximum Gasteiger partial charge on any atom is 0.283 e. The van der Waals surface area contributed by atoms with E-state index in [4.69, 9.17) is 16.9 Å². The van der Waals surface area contributed by atoms with Gasteiger partial charge in [-0.3, -0.25) is 10.1 Å². The van der Waals surface area contributed by atoms with Gasteiger partial charge in [0.2, 0.25) is 0 Å². The SMILES string of the molecule is N#CCCC1CN(S(=O)(=O)c2cc3ccc(Cl)cc3s2)CCN1C(=O)c1nc2c(s1)CNC(O)C2. The topological polar surface area (TPSA) is 127 Å². The first-order valence-electron chi connectivity index (χ1n) is 11.0. The van der Waals surface area contributed by atoms with Gasteiger partial charge in [-0.15, -0.1) is 22.7 Å². The van der Waals surface area contributed by atoms with E-state index >= 15 is 0 Å². The summed E-state index contributed by atoms with van der Waals surface area (Å²) in [4.78, 5) is 20.4. The zero-order chi connectivity index (χ0) is 24.7. The molecule has 5 rings (SSSR count). The second kappa shape index (κ2) is 9.74. The molecule has 0 aliphatic carbocycles. The van der Waals surface area contributed by atoms with Crippen molar-refractivity contribution < 1.29 is 18.3 Å². The lowest BCUT2D eigenvalue weighted by atomic mass is 10.1. The monoisotopic (exact) mass is 551 g/mol. The van der Waals surface area contributed by atoms with E-state index in [0.29, 0.717) is 35.1 Å². The number of sulfonamides is 1. The van der Waals surface area contributed by atoms with E-state index in [2.05, 4.69) is 16.4 Å². The Balaban J connectivity index is 1.38. The van der Waals surface area contributed by atoms with Crippen molar-refractivity contribution in [3.05, 3.63) is 44.9 Å². The van der Waals surface area contributed by atoms with Gasteiger partial charge in [0.25, 0.3) is 15.9 Å². The van der Waals surface area contributed by atoms with Gasteiger partial charge in [0.05, 0.1) is 11.8 Å². The van der Waals surface area contributed by atoms with Crippen LogP contribution in [0.4, 0.5) is 0 Å². The molecule has 0 saturated carbocycles. The van der Waals surface area contributed by atoms with Gasteiger partial charge >= 0.3 is 0 Å². The van der Waals surface area contributed by atoms with Gasteiger partial charge in [-0.1, -0.05) is 17.7 Å². The molecule has 2 unspecified atom stereocenters. The number of benzene rings is 1. The number of halogens is 1. The molecule has 9 nitrogen and oxygen atoms in total. The summed E-state index contributed by atoms with van der Waals surface area (Å²) in [5.74, 6) is -0.268. The van der Waals surface area contributed by atoms with Crippen LogP contribution in [0.25, 0.3) is 10.1 Å². The first-order valence-corrected chi connectivity index (χ1v) is 14.5. The Morgan fingerprint density at radius 3 is 2.94 bits per heavy atom. The fourth-order valence-corrected chi connectivity index (χ4v) is 8.68. The number of aliphatic hydroxyl groups excluding tert-OH is 1. The fraction of sp³-hybridized carbons (Fsp3) is 0.409. The number of thiophene rings is 1. The Hall–Kier alpha value is -2.11. The molecule has 1 saturated heterocycles. The third-order valence-electron chi connectivity index (χ3n) is 6.20. The summed E-state index contributed by atoms with van der Waals surface area (Å²) >= 11 is 8.52. The Kier molecular flexibility index (Phi) is 6.84. The largest absolute Gasteiger partial charge is 0.378 e. The molecule has 1 amide bonds. The molecule has 0 spiro atoms. The molecule has 0 bridgehead atoms. The number of fused-ring (bicyclic) bond motifs is 2. The van der Waals surface area contributed by atoms with E-state index in [-0.39, 0.29) is 36.2 Å². The molecule has 2 aliphatic heterocycles. The summed E-state index contributed by atoms with van der Waals surface area (Å²) < 4.78 is 29.4. The highest BCUT2D eigenvalue weighted by atomic mass is 35.5. The quantitative estimate of drug-likeness (QED) is 0.499. The number of piperazine rings is 1. The van der Waals surface area contributed by atoms with E-state index in [1.807, 2.05) is 0 Å². The molecule has 35 heavy (non-hydrogen) atoms. The fourth-order valence-electron chi connectivity index (χ4n) is 4.39. The standard InChI is InChI=1S/C22H22ClN5O4S3/c23-14-4-3-13-8-20(33-17(13)9-14)35(31,32)27-6-7-28(15(12-27)2-1-5-24)22(30)21-26-16-10-19(29)25-11-18(16)34-21/h3-4,8-9,15,19,25,29H,1-2,6-7,10-12H2. The molecule has 13 heteroatoms. The average Bonchev–Trinajstić information content (AvgIpc) is 3.46. The number of aromatic nitrogens is 1. The maximum absolute atomic E-state index is 13.5. The molecule has 0 radical (unpaired) electrons. The van der Waals surface area contributed by atoms with Crippen LogP contribution < -0.4 is 5.32 Å². The summed E-state index contributed by atoms with van der Waals surface area (Å²) in [6, 6.07) is 8.57. The van der Waals surface area contributed by atoms with Gasteiger partial charge in [0.15, 0.2) is 5.01 Å². The lowest BCUT2D eigenvalue weighted by Gasteiger charge is -2.40. The van der Waals surface area contributed by atoms with Crippen molar-refractivity contribution in [1.82, 2.24) is 19.5 Å². The Bertz CT molecular complexity index is 1430. The van der Waals surface area contributed by atoms with E-state index < -0.39 is 22.3 Å². The summed E-state index contributed by atoms with van der Waals surface area (Å²) in [5, 5.41) is 23.6. The number of carbonyl (C=O) groups excluding carboxylic acids is 1. The highest BCUT2D eigenvalue weighted by molar-refractivity contribution is 7.91. The minimum absolute atomic E-state index is 0.107. The van der Waals surface area contributed by atoms with Gasteiger partial charge < -0.3 is 10.0 Å². The summed E-state index contributed by atoms with van der Waals surface area (Å²) in [6.07, 6.45) is 0.216. The third-order valence-corrected chi connectivity index (χ3v) is 10.9. The number of hydrogen-bond donors (Lipinski definition) is 2. The third kappa shape index (κ3) is 4.82. The molecule has 2 aromatic heterocycles. The lowest BCUT2D eigenvalue weighted by molar-refractivity contribution is 0.0552. The summed E-state index contributed by atoms with van der Waals surface area (Å²) in [6.45, 7) is 0.912. The van der Waals surface area contributed by atoms with Crippen LogP contribution in [0.5, 0.6) is 0 Å². The van der Waals surface area contributed by atoms with Crippen molar-refractivity contribution in [3.63, 3.8) is 0 Å². The Morgan fingerprint density at radius 1 is 1.31 bits per heavy atom. The van der Waals surface area contributed by atoms with Crippen LogP contribution in [0.3, 0.4) is 0 Å². The lowest BCUT2D eigenvalue weighted by Crippen LogP contribution is -2.56. The summed E-state index contributed by atoms with van der Waals surface area (Å²) in [7, 11) is -3.78. The van der Waals surface area contributed by atoms with Crippen molar-refractivity contribution in [2.24, 2.45) is 0 Å². The van der Waals surface area contributed by atoms with E-state index in [0.717, 1.165) is 15.0 Å². The van der Waals surface area contributed by atoms with Crippen molar-refractivity contribution in [1.29, 1.82) is 5.26 Å². The molecule has 1 fully saturated rings. The number of thiazole rings is 1. The number of hydrogen-bond acceptors (Lipinski definition) is 9. The molecule has 2 atom stereocenters. The van der Waals surface area contributed by atoms with Crippen LogP contribution in [-0.2, 0) is 23.0 Å². The average molecular weight is 552 g/mol.